The zero-order valence-corrected chi connectivity index (χ0v) is 10.4. The van der Waals surface area contributed by atoms with E-state index in [2.05, 4.69) is 0 Å². The molecule has 0 spiro atoms. The summed E-state index contributed by atoms with van der Waals surface area (Å²) in [6.45, 7) is 1.80. The van der Waals surface area contributed by atoms with Gasteiger partial charge in [-0.25, -0.2) is 4.39 Å². The molecule has 2 rings (SSSR count). The number of hydrogen-bond donors (Lipinski definition) is 0. The van der Waals surface area contributed by atoms with Crippen LogP contribution in [0.4, 0.5) is 4.39 Å². The highest BCUT2D eigenvalue weighted by Crippen LogP contribution is 2.26. The smallest absolute Gasteiger partial charge is 0.150 e. The summed E-state index contributed by atoms with van der Waals surface area (Å²) in [6.07, 6.45) is 0.779. The molecule has 0 aliphatic rings. The van der Waals surface area contributed by atoms with Gasteiger partial charge in [0.15, 0.2) is 0 Å². The van der Waals surface area contributed by atoms with Crippen LogP contribution >= 0.6 is 11.6 Å². The molecule has 92 valence electrons. The Morgan fingerprint density at radius 1 is 1.17 bits per heavy atom. The molecule has 2 aromatic carbocycles. The summed E-state index contributed by atoms with van der Waals surface area (Å²) in [5, 5.41) is 0.0508. The lowest BCUT2D eigenvalue weighted by atomic mass is 10.1. The van der Waals surface area contributed by atoms with Gasteiger partial charge in [-0.15, -0.1) is 0 Å². The lowest BCUT2D eigenvalue weighted by Gasteiger charge is -2.08. The number of aldehydes is 1. The molecular weight excluding hydrogens is 255 g/mol. The molecule has 0 amide bonds. The van der Waals surface area contributed by atoms with Crippen molar-refractivity contribution in [1.82, 2.24) is 0 Å². The molecular formula is C14H10ClFO2. The van der Waals surface area contributed by atoms with E-state index in [9.17, 15) is 9.18 Å². The monoisotopic (exact) mass is 264 g/mol. The van der Waals surface area contributed by atoms with Crippen molar-refractivity contribution in [2.24, 2.45) is 0 Å². The second-order valence-corrected chi connectivity index (χ2v) is 4.22. The van der Waals surface area contributed by atoms with Crippen LogP contribution in [0.3, 0.4) is 0 Å². The van der Waals surface area contributed by atoms with Crippen LogP contribution in [0.15, 0.2) is 36.4 Å². The molecule has 0 saturated carbocycles. The van der Waals surface area contributed by atoms with Crippen molar-refractivity contribution < 1.29 is 13.9 Å². The predicted molar refractivity (Wildman–Crippen MR) is 68.1 cm³/mol. The van der Waals surface area contributed by atoms with Crippen LogP contribution in [0.25, 0.3) is 0 Å². The number of halogens is 2. The SMILES string of the molecule is Cc1cc(Oc2ccc(Cl)c(F)c2)ccc1C=O. The van der Waals surface area contributed by atoms with E-state index in [0.717, 1.165) is 11.8 Å². The molecule has 0 bridgehead atoms. The van der Waals surface area contributed by atoms with Crippen molar-refractivity contribution in [3.05, 3.63) is 58.4 Å². The first-order chi connectivity index (χ1) is 8.60. The quantitative estimate of drug-likeness (QED) is 0.769. The molecule has 4 heteroatoms. The Kier molecular flexibility index (Phi) is 3.63. The minimum absolute atomic E-state index is 0.0508. The number of carbonyl (C=O) groups is 1. The van der Waals surface area contributed by atoms with E-state index >= 15 is 0 Å². The van der Waals surface area contributed by atoms with Crippen LogP contribution in [0.1, 0.15) is 15.9 Å². The van der Waals surface area contributed by atoms with E-state index in [1.54, 1.807) is 31.2 Å². The summed E-state index contributed by atoms with van der Waals surface area (Å²) in [6, 6.07) is 9.25. The maximum absolute atomic E-state index is 13.2. The lowest BCUT2D eigenvalue weighted by molar-refractivity contribution is 0.112. The number of carbonyl (C=O) groups excluding carboxylic acids is 1. The van der Waals surface area contributed by atoms with Gasteiger partial charge in [-0.3, -0.25) is 4.79 Å². The summed E-state index contributed by atoms with van der Waals surface area (Å²) in [5.41, 5.74) is 1.40. The molecule has 0 saturated heterocycles. The Labute approximate surface area is 109 Å². The van der Waals surface area contributed by atoms with Gasteiger partial charge in [-0.05, 0) is 42.8 Å². The van der Waals surface area contributed by atoms with Gasteiger partial charge in [0.2, 0.25) is 0 Å². The van der Waals surface area contributed by atoms with Crippen molar-refractivity contribution in [3.8, 4) is 11.5 Å². The molecule has 0 atom stereocenters. The van der Waals surface area contributed by atoms with Crippen LogP contribution in [-0.2, 0) is 0 Å². The van der Waals surface area contributed by atoms with E-state index in [4.69, 9.17) is 16.3 Å². The summed E-state index contributed by atoms with van der Waals surface area (Å²) in [7, 11) is 0. The van der Waals surface area contributed by atoms with Crippen molar-refractivity contribution in [2.75, 3.05) is 0 Å². The minimum Gasteiger partial charge on any atom is -0.457 e. The molecule has 0 unspecified atom stereocenters. The fraction of sp³-hybridized carbons (Fsp3) is 0.0714. The molecule has 0 N–H and O–H groups in total. The maximum Gasteiger partial charge on any atom is 0.150 e. The average Bonchev–Trinajstić information content (AvgIpc) is 2.34. The zero-order valence-electron chi connectivity index (χ0n) is 9.61. The van der Waals surface area contributed by atoms with Crippen LogP contribution in [0.5, 0.6) is 11.5 Å². The number of hydrogen-bond acceptors (Lipinski definition) is 2. The highest BCUT2D eigenvalue weighted by Gasteiger charge is 2.04. The molecule has 0 heterocycles. The van der Waals surface area contributed by atoms with Gasteiger partial charge in [-0.2, -0.15) is 0 Å². The average molecular weight is 265 g/mol. The first kappa shape index (κ1) is 12.6. The van der Waals surface area contributed by atoms with Crippen molar-refractivity contribution in [3.63, 3.8) is 0 Å². The molecule has 18 heavy (non-hydrogen) atoms. The predicted octanol–water partition coefficient (Wildman–Crippen LogP) is 4.39. The second-order valence-electron chi connectivity index (χ2n) is 3.81. The fourth-order valence-corrected chi connectivity index (χ4v) is 1.64. The summed E-state index contributed by atoms with van der Waals surface area (Å²) >= 11 is 5.58. The van der Waals surface area contributed by atoms with Crippen LogP contribution in [0.2, 0.25) is 5.02 Å². The molecule has 0 aliphatic carbocycles. The molecule has 0 aliphatic heterocycles. The van der Waals surface area contributed by atoms with Gasteiger partial charge >= 0.3 is 0 Å². The van der Waals surface area contributed by atoms with Gasteiger partial charge in [0.25, 0.3) is 0 Å². The van der Waals surface area contributed by atoms with Gasteiger partial charge in [0.05, 0.1) is 5.02 Å². The van der Waals surface area contributed by atoms with E-state index in [1.165, 1.54) is 12.1 Å². The number of rotatable bonds is 3. The van der Waals surface area contributed by atoms with E-state index in [0.29, 0.717) is 17.1 Å². The summed E-state index contributed by atoms with van der Waals surface area (Å²) in [4.78, 5) is 10.7. The Balaban J connectivity index is 2.25. The van der Waals surface area contributed by atoms with E-state index in [-0.39, 0.29) is 5.02 Å². The Hall–Kier alpha value is -1.87. The zero-order chi connectivity index (χ0) is 13.1. The third-order valence-corrected chi connectivity index (χ3v) is 2.80. The maximum atomic E-state index is 13.2. The molecule has 2 nitrogen and oxygen atoms in total. The van der Waals surface area contributed by atoms with E-state index < -0.39 is 5.82 Å². The van der Waals surface area contributed by atoms with Crippen molar-refractivity contribution in [1.29, 1.82) is 0 Å². The number of benzene rings is 2. The van der Waals surface area contributed by atoms with Crippen LogP contribution < -0.4 is 4.74 Å². The van der Waals surface area contributed by atoms with E-state index in [1.807, 2.05) is 0 Å². The van der Waals surface area contributed by atoms with Crippen molar-refractivity contribution >= 4 is 17.9 Å². The first-order valence-corrected chi connectivity index (χ1v) is 5.66. The topological polar surface area (TPSA) is 26.3 Å². The normalized spacial score (nSPS) is 10.2. The fourth-order valence-electron chi connectivity index (χ4n) is 1.52. The third-order valence-electron chi connectivity index (χ3n) is 2.50. The molecule has 0 radical (unpaired) electrons. The lowest BCUT2D eigenvalue weighted by Crippen LogP contribution is -1.90. The first-order valence-electron chi connectivity index (χ1n) is 5.29. The third kappa shape index (κ3) is 2.68. The van der Waals surface area contributed by atoms with Gasteiger partial charge in [0.1, 0.15) is 23.6 Å². The number of aryl methyl sites for hydroxylation is 1. The van der Waals surface area contributed by atoms with Crippen molar-refractivity contribution in [2.45, 2.75) is 6.92 Å². The highest BCUT2D eigenvalue weighted by molar-refractivity contribution is 6.30. The second kappa shape index (κ2) is 5.19. The Bertz CT molecular complexity index is 596. The standard InChI is InChI=1S/C14H10ClFO2/c1-9-6-11(3-2-10(9)8-17)18-12-4-5-13(15)14(16)7-12/h2-8H,1H3. The highest BCUT2D eigenvalue weighted by atomic mass is 35.5. The minimum atomic E-state index is -0.532. The summed E-state index contributed by atoms with van der Waals surface area (Å²) < 4.78 is 18.7. The molecule has 0 fully saturated rings. The largest absolute Gasteiger partial charge is 0.457 e. The molecule has 0 aromatic heterocycles. The van der Waals surface area contributed by atoms with Crippen LogP contribution in [0, 0.1) is 12.7 Å². The Morgan fingerprint density at radius 2 is 1.83 bits per heavy atom. The summed E-state index contributed by atoms with van der Waals surface area (Å²) in [5.74, 6) is 0.366. The number of ether oxygens (including phenoxy) is 1. The van der Waals surface area contributed by atoms with Gasteiger partial charge in [0, 0.05) is 11.6 Å². The van der Waals surface area contributed by atoms with Gasteiger partial charge < -0.3 is 4.74 Å². The molecule has 2 aromatic rings. The van der Waals surface area contributed by atoms with Crippen LogP contribution in [-0.4, -0.2) is 6.29 Å². The Morgan fingerprint density at radius 3 is 2.44 bits per heavy atom. The van der Waals surface area contributed by atoms with Gasteiger partial charge in [-0.1, -0.05) is 11.6 Å².